The maximum atomic E-state index is 12.2. The molecule has 1 aliphatic rings. The third-order valence-corrected chi connectivity index (χ3v) is 2.78. The van der Waals surface area contributed by atoms with Crippen molar-refractivity contribution in [3.63, 3.8) is 0 Å². The summed E-state index contributed by atoms with van der Waals surface area (Å²) in [5, 5.41) is 2.24. The second-order valence-corrected chi connectivity index (χ2v) is 4.09. The molecule has 1 saturated carbocycles. The van der Waals surface area contributed by atoms with E-state index in [1.54, 1.807) is 0 Å². The molecule has 1 nitrogen and oxygen atoms in total. The van der Waals surface area contributed by atoms with E-state index in [1.165, 1.54) is 0 Å². The summed E-state index contributed by atoms with van der Waals surface area (Å²) in [6.45, 7) is -1.13. The lowest BCUT2D eigenvalue weighted by Crippen LogP contribution is -2.41. The Morgan fingerprint density at radius 1 is 0.875 bits per heavy atom. The van der Waals surface area contributed by atoms with E-state index < -0.39 is 30.9 Å². The molecule has 0 spiro atoms. The molecule has 1 fully saturated rings. The van der Waals surface area contributed by atoms with Gasteiger partial charge in [-0.1, -0.05) is 0 Å². The molecule has 0 bridgehead atoms. The van der Waals surface area contributed by atoms with E-state index in [-0.39, 0.29) is 25.7 Å². The first-order valence-corrected chi connectivity index (χ1v) is 5.05. The number of rotatable bonds is 2. The van der Waals surface area contributed by atoms with Gasteiger partial charge in [0.05, 0.1) is 12.5 Å². The normalized spacial score (nSPS) is 28.1. The second kappa shape index (κ2) is 4.81. The van der Waals surface area contributed by atoms with Crippen molar-refractivity contribution in [1.82, 2.24) is 5.32 Å². The molecule has 0 saturated heterocycles. The summed E-state index contributed by atoms with van der Waals surface area (Å²) in [5.74, 6) is -1.35. The zero-order valence-electron chi connectivity index (χ0n) is 8.46. The van der Waals surface area contributed by atoms with Crippen LogP contribution < -0.4 is 5.32 Å². The van der Waals surface area contributed by atoms with Gasteiger partial charge in [-0.3, -0.25) is 0 Å². The molecule has 0 amide bonds. The van der Waals surface area contributed by atoms with Crippen LogP contribution >= 0.6 is 0 Å². The van der Waals surface area contributed by atoms with Gasteiger partial charge in [-0.25, -0.2) is 0 Å². The van der Waals surface area contributed by atoms with E-state index in [4.69, 9.17) is 0 Å². The van der Waals surface area contributed by atoms with E-state index in [9.17, 15) is 26.3 Å². The van der Waals surface area contributed by atoms with Gasteiger partial charge in [0.2, 0.25) is 0 Å². The molecule has 0 aromatic carbocycles. The smallest absolute Gasteiger partial charge is 0.306 e. The largest absolute Gasteiger partial charge is 0.401 e. The molecular weight excluding hydrogens is 236 g/mol. The van der Waals surface area contributed by atoms with E-state index in [0.717, 1.165) is 0 Å². The summed E-state index contributed by atoms with van der Waals surface area (Å²) >= 11 is 0. The summed E-state index contributed by atoms with van der Waals surface area (Å²) in [6.07, 6.45) is -8.38. The molecule has 0 atom stereocenters. The highest BCUT2D eigenvalue weighted by molar-refractivity contribution is 4.81. The maximum Gasteiger partial charge on any atom is 0.401 e. The Morgan fingerprint density at radius 3 is 1.75 bits per heavy atom. The van der Waals surface area contributed by atoms with Gasteiger partial charge in [0.25, 0.3) is 0 Å². The molecule has 0 aromatic rings. The van der Waals surface area contributed by atoms with Crippen LogP contribution in [0.2, 0.25) is 0 Å². The number of alkyl halides is 6. The first-order chi connectivity index (χ1) is 7.18. The number of hydrogen-bond donors (Lipinski definition) is 1. The summed E-state index contributed by atoms with van der Waals surface area (Å²) in [6, 6.07) is -0.444. The first kappa shape index (κ1) is 13.6. The SMILES string of the molecule is FC(F)(F)CNC1CCC(C(F)(F)F)CC1. The van der Waals surface area contributed by atoms with E-state index in [0.29, 0.717) is 0 Å². The van der Waals surface area contributed by atoms with Crippen LogP contribution in [0.5, 0.6) is 0 Å². The van der Waals surface area contributed by atoms with Crippen LogP contribution in [0.4, 0.5) is 26.3 Å². The lowest BCUT2D eigenvalue weighted by molar-refractivity contribution is -0.183. The van der Waals surface area contributed by atoms with Crippen LogP contribution in [-0.2, 0) is 0 Å². The maximum absolute atomic E-state index is 12.2. The molecule has 0 radical (unpaired) electrons. The lowest BCUT2D eigenvalue weighted by atomic mass is 9.85. The average Bonchev–Trinajstić information content (AvgIpc) is 2.13. The fourth-order valence-corrected chi connectivity index (χ4v) is 1.88. The van der Waals surface area contributed by atoms with Gasteiger partial charge < -0.3 is 5.32 Å². The van der Waals surface area contributed by atoms with E-state index in [2.05, 4.69) is 5.32 Å². The van der Waals surface area contributed by atoms with E-state index in [1.807, 2.05) is 0 Å². The highest BCUT2D eigenvalue weighted by Crippen LogP contribution is 2.37. The van der Waals surface area contributed by atoms with Crippen molar-refractivity contribution in [2.24, 2.45) is 5.92 Å². The van der Waals surface area contributed by atoms with Crippen molar-refractivity contribution < 1.29 is 26.3 Å². The topological polar surface area (TPSA) is 12.0 Å². The quantitative estimate of drug-likeness (QED) is 0.741. The standard InChI is InChI=1S/C9H13F6N/c10-8(11,12)5-16-7-3-1-6(2-4-7)9(13,14)15/h6-7,16H,1-5H2. The van der Waals surface area contributed by atoms with Gasteiger partial charge in [-0.2, -0.15) is 26.3 Å². The van der Waals surface area contributed by atoms with Gasteiger partial charge in [-0.15, -0.1) is 0 Å². The van der Waals surface area contributed by atoms with Gasteiger partial charge in [0, 0.05) is 6.04 Å². The summed E-state index contributed by atoms with van der Waals surface area (Å²) < 4.78 is 72.2. The average molecular weight is 249 g/mol. The molecule has 0 unspecified atom stereocenters. The summed E-state index contributed by atoms with van der Waals surface area (Å²) in [7, 11) is 0. The molecule has 0 aliphatic heterocycles. The first-order valence-electron chi connectivity index (χ1n) is 5.05. The van der Waals surface area contributed by atoms with Gasteiger partial charge >= 0.3 is 12.4 Å². The van der Waals surface area contributed by atoms with Crippen molar-refractivity contribution >= 4 is 0 Å². The van der Waals surface area contributed by atoms with Crippen molar-refractivity contribution in [2.45, 2.75) is 44.1 Å². The van der Waals surface area contributed by atoms with Crippen molar-refractivity contribution in [3.8, 4) is 0 Å². The number of halogens is 6. The monoisotopic (exact) mass is 249 g/mol. The summed E-state index contributed by atoms with van der Waals surface area (Å²) in [4.78, 5) is 0. The molecule has 7 heteroatoms. The minimum absolute atomic E-state index is 0.0843. The fourth-order valence-electron chi connectivity index (χ4n) is 1.88. The van der Waals surface area contributed by atoms with Gasteiger partial charge in [0.15, 0.2) is 0 Å². The Kier molecular flexibility index (Phi) is 4.09. The predicted molar refractivity (Wildman–Crippen MR) is 45.9 cm³/mol. The Labute approximate surface area is 89.2 Å². The van der Waals surface area contributed by atoms with Gasteiger partial charge in [0.1, 0.15) is 0 Å². The minimum atomic E-state index is -4.30. The van der Waals surface area contributed by atoms with Crippen molar-refractivity contribution in [3.05, 3.63) is 0 Å². The number of hydrogen-bond acceptors (Lipinski definition) is 1. The Hall–Kier alpha value is -0.460. The lowest BCUT2D eigenvalue weighted by Gasteiger charge is -2.30. The van der Waals surface area contributed by atoms with Gasteiger partial charge in [-0.05, 0) is 25.7 Å². The second-order valence-electron chi connectivity index (χ2n) is 4.09. The third-order valence-electron chi connectivity index (χ3n) is 2.78. The van der Waals surface area contributed by atoms with Crippen LogP contribution in [0.3, 0.4) is 0 Å². The van der Waals surface area contributed by atoms with Crippen LogP contribution in [0.1, 0.15) is 25.7 Å². The van der Waals surface area contributed by atoms with Crippen molar-refractivity contribution in [1.29, 1.82) is 0 Å². The highest BCUT2D eigenvalue weighted by atomic mass is 19.4. The third kappa shape index (κ3) is 4.59. The number of nitrogens with one attached hydrogen (secondary N) is 1. The summed E-state index contributed by atoms with van der Waals surface area (Å²) in [5.41, 5.74) is 0. The molecular formula is C9H13F6N. The van der Waals surface area contributed by atoms with Crippen LogP contribution in [0.25, 0.3) is 0 Å². The molecule has 0 aromatic heterocycles. The molecule has 96 valence electrons. The van der Waals surface area contributed by atoms with Crippen molar-refractivity contribution in [2.75, 3.05) is 6.54 Å². The zero-order chi connectivity index (χ0) is 12.4. The Morgan fingerprint density at radius 2 is 1.38 bits per heavy atom. The van der Waals surface area contributed by atoms with Crippen LogP contribution in [0, 0.1) is 5.92 Å². The van der Waals surface area contributed by atoms with Crippen LogP contribution in [-0.4, -0.2) is 24.9 Å². The Balaban J connectivity index is 2.28. The molecule has 1 N–H and O–H groups in total. The van der Waals surface area contributed by atoms with Crippen LogP contribution in [0.15, 0.2) is 0 Å². The molecule has 1 aliphatic carbocycles. The molecule has 16 heavy (non-hydrogen) atoms. The highest BCUT2D eigenvalue weighted by Gasteiger charge is 2.41. The molecule has 0 heterocycles. The fraction of sp³-hybridized carbons (Fsp3) is 1.00. The predicted octanol–water partition coefficient (Wildman–Crippen LogP) is 3.26. The minimum Gasteiger partial charge on any atom is -0.306 e. The molecule has 1 rings (SSSR count). The zero-order valence-corrected chi connectivity index (χ0v) is 8.46. The van der Waals surface area contributed by atoms with E-state index >= 15 is 0 Å². The Bertz CT molecular complexity index is 213.